The fraction of sp³-hybridized carbons (Fsp3) is 0.333. The van der Waals surface area contributed by atoms with Crippen LogP contribution < -0.4 is 4.18 Å². The SMILES string of the molecule is CCS(=O)(=O)c1ccccc1OS(=O)(=O)C(F)(F)F. The van der Waals surface area contributed by atoms with Crippen molar-refractivity contribution >= 4 is 20.0 Å². The predicted molar refractivity (Wildman–Crippen MR) is 59.8 cm³/mol. The maximum absolute atomic E-state index is 12.2. The molecule has 0 saturated heterocycles. The molecule has 10 heteroatoms. The molecule has 1 aromatic carbocycles. The molecule has 0 bridgehead atoms. The number of para-hydroxylation sites is 1. The zero-order chi connectivity index (χ0) is 14.9. The lowest BCUT2D eigenvalue weighted by Crippen LogP contribution is -2.28. The van der Waals surface area contributed by atoms with E-state index in [1.807, 2.05) is 0 Å². The van der Waals surface area contributed by atoms with Gasteiger partial charge in [-0.15, -0.1) is 0 Å². The molecule has 0 saturated carbocycles. The highest BCUT2D eigenvalue weighted by Crippen LogP contribution is 2.31. The van der Waals surface area contributed by atoms with Gasteiger partial charge in [0, 0.05) is 0 Å². The first-order chi connectivity index (χ1) is 8.51. The highest BCUT2D eigenvalue weighted by Gasteiger charge is 2.49. The molecule has 0 heterocycles. The van der Waals surface area contributed by atoms with Crippen molar-refractivity contribution in [2.24, 2.45) is 0 Å². The summed E-state index contributed by atoms with van der Waals surface area (Å²) in [6.07, 6.45) is 0. The van der Waals surface area contributed by atoms with Crippen molar-refractivity contribution in [2.45, 2.75) is 17.3 Å². The first-order valence-electron chi connectivity index (χ1n) is 4.84. The summed E-state index contributed by atoms with van der Waals surface area (Å²) in [5, 5.41) is 0. The number of hydrogen-bond acceptors (Lipinski definition) is 5. The van der Waals surface area contributed by atoms with Gasteiger partial charge in [-0.25, -0.2) is 8.42 Å². The van der Waals surface area contributed by atoms with E-state index in [2.05, 4.69) is 4.18 Å². The molecule has 19 heavy (non-hydrogen) atoms. The Morgan fingerprint density at radius 3 is 2.11 bits per heavy atom. The van der Waals surface area contributed by atoms with Crippen molar-refractivity contribution in [1.82, 2.24) is 0 Å². The Morgan fingerprint density at radius 1 is 1.11 bits per heavy atom. The van der Waals surface area contributed by atoms with E-state index in [1.54, 1.807) is 0 Å². The molecule has 0 radical (unpaired) electrons. The average Bonchev–Trinajstić information content (AvgIpc) is 2.27. The lowest BCUT2D eigenvalue weighted by atomic mass is 10.3. The van der Waals surface area contributed by atoms with Crippen molar-refractivity contribution in [3.63, 3.8) is 0 Å². The third-order valence-electron chi connectivity index (χ3n) is 2.05. The van der Waals surface area contributed by atoms with Crippen LogP contribution >= 0.6 is 0 Å². The van der Waals surface area contributed by atoms with Gasteiger partial charge in [-0.1, -0.05) is 19.1 Å². The maximum Gasteiger partial charge on any atom is 0.534 e. The third kappa shape index (κ3) is 3.38. The van der Waals surface area contributed by atoms with Crippen LogP contribution in [0.15, 0.2) is 29.2 Å². The van der Waals surface area contributed by atoms with Crippen LogP contribution in [0.5, 0.6) is 5.75 Å². The molecule has 0 aromatic heterocycles. The third-order valence-corrected chi connectivity index (χ3v) is 4.78. The van der Waals surface area contributed by atoms with Crippen molar-refractivity contribution < 1.29 is 34.2 Å². The van der Waals surface area contributed by atoms with Crippen LogP contribution in [0.25, 0.3) is 0 Å². The van der Waals surface area contributed by atoms with Crippen LogP contribution in [0.4, 0.5) is 13.2 Å². The monoisotopic (exact) mass is 318 g/mol. The summed E-state index contributed by atoms with van der Waals surface area (Å²) in [4.78, 5) is -0.606. The summed E-state index contributed by atoms with van der Waals surface area (Å²) in [7, 11) is -9.81. The molecule has 108 valence electrons. The number of sulfone groups is 1. The van der Waals surface area contributed by atoms with Crippen molar-refractivity contribution in [1.29, 1.82) is 0 Å². The van der Waals surface area contributed by atoms with E-state index < -0.39 is 41.9 Å². The van der Waals surface area contributed by atoms with Crippen molar-refractivity contribution in [3.8, 4) is 5.75 Å². The van der Waals surface area contributed by atoms with E-state index in [9.17, 15) is 30.0 Å². The molecule has 0 aliphatic carbocycles. The second kappa shape index (κ2) is 5.00. The normalized spacial score (nSPS) is 13.3. The minimum absolute atomic E-state index is 0.403. The van der Waals surface area contributed by atoms with Gasteiger partial charge in [0.15, 0.2) is 15.6 Å². The molecular weight excluding hydrogens is 309 g/mol. The molecule has 0 spiro atoms. The lowest BCUT2D eigenvalue weighted by molar-refractivity contribution is -0.0500. The number of benzene rings is 1. The van der Waals surface area contributed by atoms with Crippen molar-refractivity contribution in [3.05, 3.63) is 24.3 Å². The van der Waals surface area contributed by atoms with Gasteiger partial charge in [0.1, 0.15) is 4.90 Å². The van der Waals surface area contributed by atoms with E-state index in [-0.39, 0.29) is 0 Å². The Balaban J connectivity index is 3.33. The predicted octanol–water partition coefficient (Wildman–Crippen LogP) is 1.71. The second-order valence-electron chi connectivity index (χ2n) is 3.33. The summed E-state index contributed by atoms with van der Waals surface area (Å²) in [5.74, 6) is -1.28. The lowest BCUT2D eigenvalue weighted by Gasteiger charge is -2.12. The fourth-order valence-electron chi connectivity index (χ4n) is 1.10. The Hall–Kier alpha value is -1.29. The van der Waals surface area contributed by atoms with Gasteiger partial charge in [-0.3, -0.25) is 0 Å². The Kier molecular flexibility index (Phi) is 4.15. The van der Waals surface area contributed by atoms with E-state index in [0.717, 1.165) is 18.2 Å². The van der Waals surface area contributed by atoms with Gasteiger partial charge in [-0.2, -0.15) is 21.6 Å². The van der Waals surface area contributed by atoms with Crippen LogP contribution in [0.2, 0.25) is 0 Å². The molecule has 0 fully saturated rings. The smallest absolute Gasteiger partial charge is 0.375 e. The highest BCUT2D eigenvalue weighted by atomic mass is 32.2. The van der Waals surface area contributed by atoms with Gasteiger partial charge >= 0.3 is 15.6 Å². The number of rotatable bonds is 4. The first kappa shape index (κ1) is 15.8. The van der Waals surface area contributed by atoms with Crippen LogP contribution in [0, 0.1) is 0 Å². The standard InChI is InChI=1S/C9H9F3O5S2/c1-2-18(13,14)8-6-4-3-5-7(8)17-19(15,16)9(10,11)12/h3-6H,2H2,1H3. The van der Waals surface area contributed by atoms with Gasteiger partial charge in [0.05, 0.1) is 5.75 Å². The topological polar surface area (TPSA) is 77.5 Å². The molecule has 0 unspecified atom stereocenters. The molecule has 5 nitrogen and oxygen atoms in total. The molecule has 0 atom stereocenters. The number of hydrogen-bond donors (Lipinski definition) is 0. The van der Waals surface area contributed by atoms with E-state index >= 15 is 0 Å². The van der Waals surface area contributed by atoms with E-state index in [0.29, 0.717) is 0 Å². The zero-order valence-electron chi connectivity index (χ0n) is 9.51. The Bertz CT molecular complexity index is 661. The van der Waals surface area contributed by atoms with Crippen molar-refractivity contribution in [2.75, 3.05) is 5.75 Å². The molecule has 0 aliphatic heterocycles. The Labute approximate surface area is 108 Å². The number of alkyl halides is 3. The summed E-state index contributed by atoms with van der Waals surface area (Å²) in [6, 6.07) is 4.22. The quantitative estimate of drug-likeness (QED) is 0.624. The Morgan fingerprint density at radius 2 is 1.63 bits per heavy atom. The van der Waals surface area contributed by atoms with Crippen LogP contribution in [0.1, 0.15) is 6.92 Å². The van der Waals surface area contributed by atoms with Crippen LogP contribution in [-0.2, 0) is 20.0 Å². The second-order valence-corrected chi connectivity index (χ2v) is 7.12. The first-order valence-corrected chi connectivity index (χ1v) is 7.90. The van der Waals surface area contributed by atoms with Crippen LogP contribution in [0.3, 0.4) is 0 Å². The summed E-state index contributed by atoms with van der Waals surface area (Å²) in [6.45, 7) is 1.27. The van der Waals surface area contributed by atoms with Gasteiger partial charge in [-0.05, 0) is 12.1 Å². The molecule has 0 amide bonds. The zero-order valence-corrected chi connectivity index (χ0v) is 11.1. The van der Waals surface area contributed by atoms with Gasteiger partial charge in [0.2, 0.25) is 0 Å². The summed E-state index contributed by atoms with van der Waals surface area (Å²) >= 11 is 0. The van der Waals surface area contributed by atoms with Gasteiger partial charge < -0.3 is 4.18 Å². The minimum atomic E-state index is -5.91. The molecule has 0 N–H and O–H groups in total. The average molecular weight is 318 g/mol. The molecule has 0 aliphatic rings. The molecular formula is C9H9F3O5S2. The van der Waals surface area contributed by atoms with Crippen LogP contribution in [-0.4, -0.2) is 28.1 Å². The fourth-order valence-corrected chi connectivity index (χ4v) is 2.64. The maximum atomic E-state index is 12.2. The minimum Gasteiger partial charge on any atom is -0.375 e. The highest BCUT2D eigenvalue weighted by molar-refractivity contribution is 7.91. The molecule has 1 rings (SSSR count). The molecule has 1 aromatic rings. The largest absolute Gasteiger partial charge is 0.534 e. The number of halogens is 3. The van der Waals surface area contributed by atoms with E-state index in [1.165, 1.54) is 13.0 Å². The van der Waals surface area contributed by atoms with Gasteiger partial charge in [0.25, 0.3) is 0 Å². The van der Waals surface area contributed by atoms with E-state index in [4.69, 9.17) is 0 Å². The summed E-state index contributed by atoms with van der Waals surface area (Å²) < 4.78 is 85.3. The summed E-state index contributed by atoms with van der Waals surface area (Å²) in [5.41, 5.74) is -5.63.